The predicted molar refractivity (Wildman–Crippen MR) is 86.8 cm³/mol. The lowest BCUT2D eigenvalue weighted by molar-refractivity contribution is -0.131. The average Bonchev–Trinajstić information content (AvgIpc) is 2.50. The van der Waals surface area contributed by atoms with Gasteiger partial charge in [0.2, 0.25) is 0 Å². The summed E-state index contributed by atoms with van der Waals surface area (Å²) in [4.78, 5) is 10.6. The zero-order valence-electron chi connectivity index (χ0n) is 13.9. The molecule has 1 aromatic carbocycles. The van der Waals surface area contributed by atoms with Crippen LogP contribution in [-0.2, 0) is 21.7 Å². The third-order valence-electron chi connectivity index (χ3n) is 3.36. The Kier molecular flexibility index (Phi) is 6.66. The first-order chi connectivity index (χ1) is 11.4. The highest BCUT2D eigenvalue weighted by Gasteiger charge is 2.59. The molecule has 2 atom stereocenters. The summed E-state index contributed by atoms with van der Waals surface area (Å²) in [6.07, 6.45) is 0.0845. The van der Waals surface area contributed by atoms with Crippen LogP contribution in [0.15, 0.2) is 36.4 Å². The molecule has 1 aromatic rings. The van der Waals surface area contributed by atoms with Gasteiger partial charge in [-0.05, 0) is 32.9 Å². The van der Waals surface area contributed by atoms with Crippen LogP contribution in [0.3, 0.4) is 0 Å². The van der Waals surface area contributed by atoms with Crippen molar-refractivity contribution >= 4 is 17.3 Å². The molecule has 1 rings (SSSR count). The van der Waals surface area contributed by atoms with E-state index in [2.05, 4.69) is 0 Å². The molecular formula is C16H19F4NO3S. The minimum atomic E-state index is -4.19. The van der Waals surface area contributed by atoms with Crippen molar-refractivity contribution in [2.75, 3.05) is 6.67 Å². The fourth-order valence-corrected chi connectivity index (χ4v) is 2.85. The van der Waals surface area contributed by atoms with Gasteiger partial charge in [0, 0.05) is 23.0 Å². The molecule has 0 saturated heterocycles. The van der Waals surface area contributed by atoms with E-state index in [9.17, 15) is 26.9 Å². The fraction of sp³-hybridized carbons (Fsp3) is 0.438. The van der Waals surface area contributed by atoms with Crippen LogP contribution in [0.1, 0.15) is 26.3 Å². The number of carboxylic acids is 1. The Balaban J connectivity index is 3.59. The molecule has 0 amide bonds. The molecule has 25 heavy (non-hydrogen) atoms. The maximum atomic E-state index is 14.8. The van der Waals surface area contributed by atoms with Gasteiger partial charge < -0.3 is 9.66 Å². The molecule has 0 spiro atoms. The van der Waals surface area contributed by atoms with Crippen LogP contribution >= 0.6 is 0 Å². The van der Waals surface area contributed by atoms with Gasteiger partial charge in [-0.3, -0.25) is 0 Å². The van der Waals surface area contributed by atoms with Crippen LogP contribution in [0.25, 0.3) is 0 Å². The average molecular weight is 381 g/mol. The van der Waals surface area contributed by atoms with E-state index in [1.54, 1.807) is 0 Å². The molecule has 140 valence electrons. The number of alkyl halides is 3. The molecule has 0 bridgehead atoms. The van der Waals surface area contributed by atoms with Gasteiger partial charge in [-0.25, -0.2) is 13.6 Å². The zero-order chi connectivity index (χ0) is 19.5. The molecule has 0 saturated carbocycles. The normalized spacial score (nSPS) is 16.6. The topological polar surface area (TPSA) is 72.4 Å². The largest absolute Gasteiger partial charge is 0.598 e. The number of hydrogen-bond donors (Lipinski definition) is 2. The van der Waals surface area contributed by atoms with Gasteiger partial charge in [0.25, 0.3) is 5.92 Å². The molecule has 0 heterocycles. The van der Waals surface area contributed by atoms with Crippen LogP contribution in [-0.4, -0.2) is 33.0 Å². The van der Waals surface area contributed by atoms with Crippen molar-refractivity contribution < 1.29 is 32.0 Å². The van der Waals surface area contributed by atoms with E-state index in [0.29, 0.717) is 0 Å². The summed E-state index contributed by atoms with van der Waals surface area (Å²) in [5.41, 5.74) is -3.79. The van der Waals surface area contributed by atoms with E-state index in [-0.39, 0.29) is 12.2 Å². The number of carbonyl (C=O) groups is 1. The molecule has 0 aliphatic heterocycles. The Labute approximate surface area is 146 Å². The smallest absolute Gasteiger partial charge is 0.328 e. The van der Waals surface area contributed by atoms with Crippen molar-refractivity contribution in [3.05, 3.63) is 47.8 Å². The van der Waals surface area contributed by atoms with Crippen LogP contribution in [0.5, 0.6) is 0 Å². The van der Waals surface area contributed by atoms with Gasteiger partial charge in [0.1, 0.15) is 17.2 Å². The van der Waals surface area contributed by atoms with Crippen molar-refractivity contribution in [2.24, 2.45) is 0 Å². The van der Waals surface area contributed by atoms with E-state index >= 15 is 0 Å². The first-order valence-corrected chi connectivity index (χ1v) is 8.33. The lowest BCUT2D eigenvalue weighted by Gasteiger charge is -2.39. The highest BCUT2D eigenvalue weighted by atomic mass is 32.2. The van der Waals surface area contributed by atoms with Gasteiger partial charge in [-0.2, -0.15) is 8.78 Å². The number of carboxylic acid groups (broad SMARTS) is 1. The number of aliphatic carboxylic acids is 1. The first kappa shape index (κ1) is 21.5. The van der Waals surface area contributed by atoms with Gasteiger partial charge in [-0.15, -0.1) is 4.72 Å². The molecule has 1 unspecified atom stereocenters. The van der Waals surface area contributed by atoms with Gasteiger partial charge in [-0.1, -0.05) is 18.2 Å². The Morgan fingerprint density at radius 3 is 2.32 bits per heavy atom. The van der Waals surface area contributed by atoms with E-state index in [1.807, 2.05) is 4.72 Å². The predicted octanol–water partition coefficient (Wildman–Crippen LogP) is 3.32. The molecular weight excluding hydrogens is 362 g/mol. The fourth-order valence-electron chi connectivity index (χ4n) is 1.93. The molecule has 0 radical (unpaired) electrons. The molecule has 0 aliphatic rings. The SMILES string of the molecule is CC(C)(C)[S+]([O-])N[C@](CF)(c1ccccc1F)C(F)(F)C=CC(=O)O. The Bertz CT molecular complexity index is 649. The number of benzene rings is 1. The van der Waals surface area contributed by atoms with E-state index in [4.69, 9.17) is 5.11 Å². The van der Waals surface area contributed by atoms with Crippen LogP contribution in [0.4, 0.5) is 17.6 Å². The van der Waals surface area contributed by atoms with E-state index in [0.717, 1.165) is 12.1 Å². The number of hydrogen-bond acceptors (Lipinski definition) is 3. The molecule has 4 nitrogen and oxygen atoms in total. The maximum Gasteiger partial charge on any atom is 0.328 e. The lowest BCUT2D eigenvalue weighted by Crippen LogP contribution is -2.61. The summed E-state index contributed by atoms with van der Waals surface area (Å²) >= 11 is -2.19. The van der Waals surface area contributed by atoms with Crippen molar-refractivity contribution in [1.29, 1.82) is 0 Å². The monoisotopic (exact) mass is 381 g/mol. The quantitative estimate of drug-likeness (QED) is 0.432. The second-order valence-corrected chi connectivity index (χ2v) is 8.26. The maximum absolute atomic E-state index is 14.8. The minimum absolute atomic E-state index is 0.0474. The van der Waals surface area contributed by atoms with Crippen molar-refractivity contribution in [1.82, 2.24) is 4.72 Å². The number of nitrogens with one attached hydrogen (secondary N) is 1. The zero-order valence-corrected chi connectivity index (χ0v) is 14.7. The van der Waals surface area contributed by atoms with Gasteiger partial charge in [0.15, 0.2) is 5.54 Å². The highest BCUT2D eigenvalue weighted by Crippen LogP contribution is 2.42. The highest BCUT2D eigenvalue weighted by molar-refractivity contribution is 7.90. The minimum Gasteiger partial charge on any atom is -0.598 e. The number of rotatable bonds is 7. The molecule has 2 N–H and O–H groups in total. The standard InChI is InChI=1S/C16H19F4NO3S/c1-14(2,3)25(24)21-15(10-17,11-6-4-5-7-12(11)18)16(19,20)9-8-13(22)23/h4-9,21H,10H2,1-3H3,(H,22,23)/t15-,25?/m1/s1. The van der Waals surface area contributed by atoms with E-state index in [1.165, 1.54) is 32.9 Å². The lowest BCUT2D eigenvalue weighted by atomic mass is 9.85. The summed E-state index contributed by atoms with van der Waals surface area (Å²) in [6, 6.07) is 4.25. The summed E-state index contributed by atoms with van der Waals surface area (Å²) in [5, 5.41) is 8.58. The van der Waals surface area contributed by atoms with Crippen LogP contribution in [0.2, 0.25) is 0 Å². The van der Waals surface area contributed by atoms with Crippen molar-refractivity contribution in [2.45, 2.75) is 37.0 Å². The molecule has 0 aliphatic carbocycles. The second kappa shape index (κ2) is 7.76. The third kappa shape index (κ3) is 4.74. The third-order valence-corrected chi connectivity index (χ3v) is 5.01. The summed E-state index contributed by atoms with van der Waals surface area (Å²) < 4.78 is 70.9. The Hall–Kier alpha value is -1.58. The van der Waals surface area contributed by atoms with Gasteiger partial charge >= 0.3 is 5.97 Å². The Morgan fingerprint density at radius 2 is 1.88 bits per heavy atom. The number of halogens is 4. The van der Waals surface area contributed by atoms with Crippen LogP contribution in [0, 0.1) is 5.82 Å². The van der Waals surface area contributed by atoms with Gasteiger partial charge in [0.05, 0.1) is 0 Å². The summed E-state index contributed by atoms with van der Waals surface area (Å²) in [6.45, 7) is 2.57. The van der Waals surface area contributed by atoms with Crippen LogP contribution < -0.4 is 4.72 Å². The summed E-state index contributed by atoms with van der Waals surface area (Å²) in [7, 11) is 0. The molecule has 9 heteroatoms. The van der Waals surface area contributed by atoms with E-state index < -0.39 is 51.6 Å². The second-order valence-electron chi connectivity index (χ2n) is 6.30. The first-order valence-electron chi connectivity index (χ1n) is 7.18. The van der Waals surface area contributed by atoms with Crippen molar-refractivity contribution in [3.63, 3.8) is 0 Å². The van der Waals surface area contributed by atoms with Crippen molar-refractivity contribution in [3.8, 4) is 0 Å². The molecule has 0 aromatic heterocycles. The Morgan fingerprint density at radius 1 is 1.32 bits per heavy atom. The molecule has 0 fully saturated rings. The summed E-state index contributed by atoms with van der Waals surface area (Å²) in [5.74, 6) is -7.01.